The largest absolute Gasteiger partial charge is 0.478 e. The molecule has 4 fully saturated rings. The molecular weight excluding hydrogens is 582 g/mol. The van der Waals surface area contributed by atoms with Crippen molar-refractivity contribution in [1.82, 2.24) is 9.78 Å². The number of hydrogen-bond acceptors (Lipinski definition) is 5. The quantitative estimate of drug-likeness (QED) is 0.181. The van der Waals surface area contributed by atoms with Gasteiger partial charge in [-0.15, -0.1) is 0 Å². The van der Waals surface area contributed by atoms with Crippen LogP contribution in [0.15, 0.2) is 41.7 Å². The summed E-state index contributed by atoms with van der Waals surface area (Å²) in [6, 6.07) is 8.30. The van der Waals surface area contributed by atoms with Crippen molar-refractivity contribution in [3.63, 3.8) is 0 Å². The van der Waals surface area contributed by atoms with E-state index in [4.69, 9.17) is 14.5 Å². The first kappa shape index (κ1) is 32.9. The molecular formula is C41H59N3O3. The smallest absolute Gasteiger partial charge is 0.312 e. The van der Waals surface area contributed by atoms with Crippen molar-refractivity contribution in [2.75, 3.05) is 6.61 Å². The predicted molar refractivity (Wildman–Crippen MR) is 187 cm³/mol. The van der Waals surface area contributed by atoms with Crippen molar-refractivity contribution in [1.29, 1.82) is 0 Å². The normalized spacial score (nSPS) is 34.0. The Balaban J connectivity index is 1.19. The number of carbonyl (C=O) groups is 1. The monoisotopic (exact) mass is 641 g/mol. The number of fused-ring (bicyclic) bond motifs is 6. The molecule has 256 valence electrons. The summed E-state index contributed by atoms with van der Waals surface area (Å²) in [6.07, 6.45) is 22.8. The highest BCUT2D eigenvalue weighted by atomic mass is 16.5. The number of rotatable bonds is 11. The van der Waals surface area contributed by atoms with Gasteiger partial charge in [0.15, 0.2) is 0 Å². The topological polar surface area (TPSA) is 65.7 Å². The predicted octanol–water partition coefficient (Wildman–Crippen LogP) is 9.67. The zero-order chi connectivity index (χ0) is 32.5. The number of nitrogens with zero attached hydrogens (tertiary/aromatic N) is 3. The van der Waals surface area contributed by atoms with Crippen LogP contribution in [0.1, 0.15) is 135 Å². The molecule has 10 unspecified atom stereocenters. The van der Waals surface area contributed by atoms with E-state index in [1.54, 1.807) is 6.20 Å². The van der Waals surface area contributed by atoms with Gasteiger partial charge >= 0.3 is 5.97 Å². The molecule has 0 saturated heterocycles. The number of ether oxygens (including phenoxy) is 2. The van der Waals surface area contributed by atoms with Crippen LogP contribution in [0.3, 0.4) is 0 Å². The molecule has 7 rings (SSSR count). The summed E-state index contributed by atoms with van der Waals surface area (Å²) >= 11 is 0. The minimum Gasteiger partial charge on any atom is -0.478 e. The maximum Gasteiger partial charge on any atom is 0.312 e. The van der Waals surface area contributed by atoms with Crippen LogP contribution in [0.4, 0.5) is 0 Å². The van der Waals surface area contributed by atoms with Crippen LogP contribution in [0.2, 0.25) is 0 Å². The van der Waals surface area contributed by atoms with E-state index in [9.17, 15) is 4.79 Å². The average Bonchev–Trinajstić information content (AvgIpc) is 3.83. The van der Waals surface area contributed by atoms with Crippen molar-refractivity contribution < 1.29 is 14.3 Å². The first-order valence-electron chi connectivity index (χ1n) is 19.5. The third kappa shape index (κ3) is 6.32. The Morgan fingerprint density at radius 1 is 0.979 bits per heavy atom. The van der Waals surface area contributed by atoms with Crippen LogP contribution in [0, 0.1) is 47.3 Å². The second-order valence-corrected chi connectivity index (χ2v) is 16.1. The van der Waals surface area contributed by atoms with Gasteiger partial charge in [-0.05, 0) is 131 Å². The van der Waals surface area contributed by atoms with E-state index in [-0.39, 0.29) is 18.0 Å². The van der Waals surface area contributed by atoms with Gasteiger partial charge in [0.05, 0.1) is 18.2 Å². The highest BCUT2D eigenvalue weighted by molar-refractivity contribution is 6.00. The Kier molecular flexibility index (Phi) is 9.85. The number of hydrogen-bond donors (Lipinski definition) is 0. The van der Waals surface area contributed by atoms with E-state index < -0.39 is 5.54 Å². The number of unbranched alkanes of at least 4 members (excludes halogenated alkanes) is 2. The zero-order valence-corrected chi connectivity index (χ0v) is 29.5. The Hall–Kier alpha value is -2.63. The second-order valence-electron chi connectivity index (χ2n) is 16.1. The molecule has 2 heterocycles. The fourth-order valence-corrected chi connectivity index (χ4v) is 11.2. The van der Waals surface area contributed by atoms with Gasteiger partial charge in [0.25, 0.3) is 0 Å². The Labute approximate surface area is 283 Å². The molecule has 0 radical (unpaired) electrons. The molecule has 47 heavy (non-hydrogen) atoms. The van der Waals surface area contributed by atoms with Crippen LogP contribution >= 0.6 is 0 Å². The van der Waals surface area contributed by atoms with Crippen molar-refractivity contribution >= 4 is 11.9 Å². The van der Waals surface area contributed by atoms with E-state index in [0.29, 0.717) is 24.3 Å². The first-order chi connectivity index (χ1) is 22.9. The van der Waals surface area contributed by atoms with Crippen molar-refractivity contribution in [2.45, 2.75) is 136 Å². The van der Waals surface area contributed by atoms with Crippen LogP contribution in [0.5, 0.6) is 0 Å². The number of aromatic nitrogens is 2. The summed E-state index contributed by atoms with van der Waals surface area (Å²) in [7, 11) is 0. The van der Waals surface area contributed by atoms with Gasteiger partial charge in [0, 0.05) is 23.9 Å². The molecule has 6 nitrogen and oxygen atoms in total. The van der Waals surface area contributed by atoms with Crippen molar-refractivity contribution in [3.8, 4) is 5.69 Å². The first-order valence-corrected chi connectivity index (χ1v) is 19.5. The highest BCUT2D eigenvalue weighted by Crippen LogP contribution is 2.58. The van der Waals surface area contributed by atoms with E-state index in [1.807, 2.05) is 23.9 Å². The fourth-order valence-electron chi connectivity index (χ4n) is 11.2. The minimum absolute atomic E-state index is 0.0362. The number of aliphatic imine (C=N–C) groups is 1. The van der Waals surface area contributed by atoms with E-state index in [2.05, 4.69) is 44.1 Å². The molecule has 4 saturated carbocycles. The van der Waals surface area contributed by atoms with Gasteiger partial charge in [-0.1, -0.05) is 58.8 Å². The summed E-state index contributed by atoms with van der Waals surface area (Å²) in [6.45, 7) is 9.28. The molecule has 0 amide bonds. The number of esters is 1. The molecule has 10 atom stereocenters. The van der Waals surface area contributed by atoms with E-state index in [1.165, 1.54) is 77.0 Å². The van der Waals surface area contributed by atoms with Crippen LogP contribution in [-0.2, 0) is 19.8 Å². The number of carbonyl (C=O) groups excluding carboxylic acids is 1. The SMILES string of the molecule is CCCCCC(C)CC(C(=O)OC1CCC2CCC3C4CCCCC4CCC3C21)C1(C)N=C(OCC)c2ccc(-n3cccn3)cc21. The van der Waals surface area contributed by atoms with Gasteiger partial charge < -0.3 is 9.47 Å². The van der Waals surface area contributed by atoms with Gasteiger partial charge in [-0.25, -0.2) is 9.67 Å². The average molecular weight is 642 g/mol. The van der Waals surface area contributed by atoms with Gasteiger partial charge in [-0.3, -0.25) is 4.79 Å². The van der Waals surface area contributed by atoms with Crippen LogP contribution in [0.25, 0.3) is 5.69 Å². The lowest BCUT2D eigenvalue weighted by Gasteiger charge is -2.52. The van der Waals surface area contributed by atoms with Gasteiger partial charge in [0.1, 0.15) is 11.6 Å². The summed E-state index contributed by atoms with van der Waals surface area (Å²) in [4.78, 5) is 20.2. The zero-order valence-electron chi connectivity index (χ0n) is 29.5. The molecule has 4 aliphatic carbocycles. The summed E-state index contributed by atoms with van der Waals surface area (Å²) in [5.41, 5.74) is 2.24. The maximum absolute atomic E-state index is 14.9. The third-order valence-electron chi connectivity index (χ3n) is 13.4. The molecule has 0 bridgehead atoms. The second kappa shape index (κ2) is 14.1. The lowest BCUT2D eigenvalue weighted by molar-refractivity contribution is -0.163. The van der Waals surface area contributed by atoms with Crippen molar-refractivity contribution in [2.24, 2.45) is 52.3 Å². The molecule has 6 heteroatoms. The van der Waals surface area contributed by atoms with E-state index in [0.717, 1.165) is 65.7 Å². The summed E-state index contributed by atoms with van der Waals surface area (Å²) in [5.74, 6) is 5.36. The molecule has 1 aromatic carbocycles. The van der Waals surface area contributed by atoms with Crippen LogP contribution < -0.4 is 0 Å². The molecule has 2 aromatic rings. The van der Waals surface area contributed by atoms with Crippen LogP contribution in [-0.4, -0.2) is 34.4 Å². The van der Waals surface area contributed by atoms with Crippen molar-refractivity contribution in [3.05, 3.63) is 47.8 Å². The lowest BCUT2D eigenvalue weighted by atomic mass is 9.53. The van der Waals surface area contributed by atoms with Gasteiger partial charge in [0.2, 0.25) is 5.90 Å². The molecule has 5 aliphatic rings. The lowest BCUT2D eigenvalue weighted by Crippen LogP contribution is -2.47. The summed E-state index contributed by atoms with van der Waals surface area (Å²) in [5, 5.41) is 4.51. The Morgan fingerprint density at radius 3 is 2.60 bits per heavy atom. The third-order valence-corrected chi connectivity index (χ3v) is 13.4. The molecule has 1 aliphatic heterocycles. The standard InChI is InChI=1S/C41H59N3O3/c1-5-7-8-12-27(3)25-36(41(4)35-26-30(44-24-11-23-42-44)18-21-34(35)39(43-41)46-6-2)40(45)47-37-22-17-29-16-19-32-31-14-10-9-13-28(31)15-20-33(32)38(29)37/h11,18,21,23-24,26-29,31-33,36-38H,5-10,12-17,19-20,22,25H2,1-4H3. The Bertz CT molecular complexity index is 1400. The summed E-state index contributed by atoms with van der Waals surface area (Å²) < 4.78 is 14.9. The minimum atomic E-state index is -0.771. The highest BCUT2D eigenvalue weighted by Gasteiger charge is 2.54. The van der Waals surface area contributed by atoms with E-state index >= 15 is 0 Å². The van der Waals surface area contributed by atoms with Gasteiger partial charge in [-0.2, -0.15) is 5.10 Å². The Morgan fingerprint density at radius 2 is 1.79 bits per heavy atom. The number of benzene rings is 1. The molecule has 0 N–H and O–H groups in total. The molecule has 0 spiro atoms. The maximum atomic E-state index is 14.9. The molecule has 1 aromatic heterocycles. The fraction of sp³-hybridized carbons (Fsp3) is 0.732.